The van der Waals surface area contributed by atoms with Gasteiger partial charge in [0.1, 0.15) is 6.54 Å². The zero-order valence-electron chi connectivity index (χ0n) is 19.3. The predicted octanol–water partition coefficient (Wildman–Crippen LogP) is 5.59. The molecule has 0 saturated heterocycles. The highest BCUT2D eigenvalue weighted by atomic mass is 35.5. The first-order chi connectivity index (χ1) is 16.3. The smallest absolute Gasteiger partial charge is 0.264 e. The monoisotopic (exact) mass is 516 g/mol. The number of hydrogen-bond acceptors (Lipinski definition) is 4. The van der Waals surface area contributed by atoms with Crippen LogP contribution < -0.4 is 9.62 Å². The van der Waals surface area contributed by atoms with Crippen LogP contribution in [0.15, 0.2) is 77.7 Å². The summed E-state index contributed by atoms with van der Waals surface area (Å²) in [5.74, 6) is 1.48. The molecule has 0 aliphatic rings. The molecule has 0 unspecified atom stereocenters. The average Bonchev–Trinajstić information content (AvgIpc) is 2.81. The number of benzene rings is 3. The van der Waals surface area contributed by atoms with Crippen molar-refractivity contribution in [3.8, 4) is 0 Å². The maximum absolute atomic E-state index is 13.4. The Labute approximate surface area is 211 Å². The van der Waals surface area contributed by atoms with E-state index in [-0.39, 0.29) is 17.3 Å². The van der Waals surface area contributed by atoms with E-state index in [9.17, 15) is 13.2 Å². The molecule has 0 spiro atoms. The van der Waals surface area contributed by atoms with E-state index in [0.29, 0.717) is 17.3 Å². The molecule has 0 aromatic heterocycles. The summed E-state index contributed by atoms with van der Waals surface area (Å²) in [5.41, 5.74) is 3.87. The van der Waals surface area contributed by atoms with Gasteiger partial charge in [-0.25, -0.2) is 8.42 Å². The van der Waals surface area contributed by atoms with Gasteiger partial charge in [0, 0.05) is 17.3 Å². The number of halogens is 1. The number of carbonyl (C=O) groups is 1. The van der Waals surface area contributed by atoms with Crippen molar-refractivity contribution in [2.24, 2.45) is 0 Å². The number of nitrogens with zero attached hydrogens (tertiary/aromatic N) is 1. The fourth-order valence-corrected chi connectivity index (χ4v) is 5.75. The van der Waals surface area contributed by atoms with Crippen LogP contribution in [0.25, 0.3) is 0 Å². The number of aryl methyl sites for hydroxylation is 2. The minimum absolute atomic E-state index is 0.0821. The lowest BCUT2D eigenvalue weighted by atomic mass is 10.2. The van der Waals surface area contributed by atoms with Gasteiger partial charge in [0.15, 0.2) is 0 Å². The minimum atomic E-state index is -3.95. The molecule has 8 heteroatoms. The largest absolute Gasteiger partial charge is 0.354 e. The molecule has 0 atom stereocenters. The number of rotatable bonds is 11. The zero-order valence-corrected chi connectivity index (χ0v) is 21.7. The number of amides is 1. The van der Waals surface area contributed by atoms with Crippen molar-refractivity contribution in [3.05, 3.63) is 94.5 Å². The van der Waals surface area contributed by atoms with Crippen molar-refractivity contribution in [3.63, 3.8) is 0 Å². The second kappa shape index (κ2) is 12.3. The van der Waals surface area contributed by atoms with Crippen LogP contribution in [-0.4, -0.2) is 33.2 Å². The fourth-order valence-electron chi connectivity index (χ4n) is 3.29. The summed E-state index contributed by atoms with van der Waals surface area (Å²) in [4.78, 5) is 12.8. The van der Waals surface area contributed by atoms with Gasteiger partial charge in [0.2, 0.25) is 5.91 Å². The first kappa shape index (κ1) is 26.1. The standard InChI is InChI=1S/C26H29ClN2O3S2/c1-20-7-9-22(10-8-20)19-33-16-4-15-28-26(30)18-29(24-6-3-5-21(2)17-24)34(31,32)25-13-11-23(27)12-14-25/h3,5-14,17H,4,15-16,18-19H2,1-2H3,(H,28,30). The molecule has 0 heterocycles. The van der Waals surface area contributed by atoms with Gasteiger partial charge in [-0.3, -0.25) is 9.10 Å². The third-order valence-electron chi connectivity index (χ3n) is 5.16. The van der Waals surface area contributed by atoms with Crippen molar-refractivity contribution in [1.82, 2.24) is 5.32 Å². The molecule has 1 N–H and O–H groups in total. The second-order valence-electron chi connectivity index (χ2n) is 8.05. The highest BCUT2D eigenvalue weighted by molar-refractivity contribution is 7.98. The maximum atomic E-state index is 13.4. The molecule has 34 heavy (non-hydrogen) atoms. The highest BCUT2D eigenvalue weighted by Crippen LogP contribution is 2.25. The molecule has 0 aliphatic heterocycles. The Morgan fingerprint density at radius 2 is 1.68 bits per heavy atom. The Hall–Kier alpha value is -2.48. The Bertz CT molecular complexity index is 1200. The molecular formula is C26H29ClN2O3S2. The number of thioether (sulfide) groups is 1. The van der Waals surface area contributed by atoms with E-state index in [0.717, 1.165) is 27.8 Å². The Kier molecular flexibility index (Phi) is 9.45. The van der Waals surface area contributed by atoms with Gasteiger partial charge >= 0.3 is 0 Å². The van der Waals surface area contributed by atoms with Crippen LogP contribution in [0.3, 0.4) is 0 Å². The van der Waals surface area contributed by atoms with E-state index in [1.807, 2.05) is 24.8 Å². The van der Waals surface area contributed by atoms with E-state index in [4.69, 9.17) is 11.6 Å². The third-order valence-corrected chi connectivity index (χ3v) is 8.31. The van der Waals surface area contributed by atoms with E-state index >= 15 is 0 Å². The van der Waals surface area contributed by atoms with Crippen LogP contribution in [0.4, 0.5) is 5.69 Å². The van der Waals surface area contributed by atoms with Crippen molar-refractivity contribution < 1.29 is 13.2 Å². The Morgan fingerprint density at radius 3 is 2.35 bits per heavy atom. The third kappa shape index (κ3) is 7.52. The van der Waals surface area contributed by atoms with Crippen molar-refractivity contribution >= 4 is 45.0 Å². The quantitative estimate of drug-likeness (QED) is 0.337. The molecule has 0 saturated carbocycles. The molecule has 5 nitrogen and oxygen atoms in total. The van der Waals surface area contributed by atoms with E-state index in [1.54, 1.807) is 18.2 Å². The van der Waals surface area contributed by atoms with Crippen LogP contribution in [-0.2, 0) is 20.6 Å². The van der Waals surface area contributed by atoms with Gasteiger partial charge in [0.05, 0.1) is 10.6 Å². The molecule has 3 rings (SSSR count). The molecule has 1 amide bonds. The van der Waals surface area contributed by atoms with E-state index < -0.39 is 10.0 Å². The molecule has 180 valence electrons. The summed E-state index contributed by atoms with van der Waals surface area (Å²) in [6.07, 6.45) is 0.802. The molecule has 0 aliphatic carbocycles. The Balaban J connectivity index is 1.58. The van der Waals surface area contributed by atoms with Crippen molar-refractivity contribution in [2.75, 3.05) is 23.1 Å². The number of anilines is 1. The van der Waals surface area contributed by atoms with Crippen LogP contribution >= 0.6 is 23.4 Å². The molecule has 0 radical (unpaired) electrons. The number of nitrogens with one attached hydrogen (secondary N) is 1. The summed E-state index contributed by atoms with van der Waals surface area (Å²) in [7, 11) is -3.95. The first-order valence-electron chi connectivity index (χ1n) is 11.0. The average molecular weight is 517 g/mol. The summed E-state index contributed by atoms with van der Waals surface area (Å²) in [6, 6.07) is 21.5. The van der Waals surface area contributed by atoms with Gasteiger partial charge < -0.3 is 5.32 Å². The summed E-state index contributed by atoms with van der Waals surface area (Å²) >= 11 is 7.73. The lowest BCUT2D eigenvalue weighted by molar-refractivity contribution is -0.119. The summed E-state index contributed by atoms with van der Waals surface area (Å²) in [5, 5.41) is 3.30. The second-order valence-corrected chi connectivity index (χ2v) is 11.5. The maximum Gasteiger partial charge on any atom is 0.264 e. The van der Waals surface area contributed by atoms with Crippen LogP contribution in [0.5, 0.6) is 0 Å². The Morgan fingerprint density at radius 1 is 0.971 bits per heavy atom. The highest BCUT2D eigenvalue weighted by Gasteiger charge is 2.27. The predicted molar refractivity (Wildman–Crippen MR) is 142 cm³/mol. The number of sulfonamides is 1. The van der Waals surface area contributed by atoms with Crippen LogP contribution in [0.2, 0.25) is 5.02 Å². The molecule has 0 bridgehead atoms. The van der Waals surface area contributed by atoms with E-state index in [1.165, 1.54) is 35.4 Å². The first-order valence-corrected chi connectivity index (χ1v) is 14.0. The zero-order chi connectivity index (χ0) is 24.6. The number of hydrogen-bond donors (Lipinski definition) is 1. The van der Waals surface area contributed by atoms with Crippen molar-refractivity contribution in [1.29, 1.82) is 0 Å². The normalized spacial score (nSPS) is 11.3. The van der Waals surface area contributed by atoms with Gasteiger partial charge in [-0.1, -0.05) is 53.6 Å². The SMILES string of the molecule is Cc1ccc(CSCCCNC(=O)CN(c2cccc(C)c2)S(=O)(=O)c2ccc(Cl)cc2)cc1. The fraction of sp³-hybridized carbons (Fsp3) is 0.269. The summed E-state index contributed by atoms with van der Waals surface area (Å²) < 4.78 is 27.9. The molecule has 3 aromatic rings. The lowest BCUT2D eigenvalue weighted by Gasteiger charge is -2.24. The molecule has 3 aromatic carbocycles. The topological polar surface area (TPSA) is 66.5 Å². The van der Waals surface area contributed by atoms with Gasteiger partial charge in [0.25, 0.3) is 10.0 Å². The van der Waals surface area contributed by atoms with Crippen molar-refractivity contribution in [2.45, 2.75) is 30.9 Å². The van der Waals surface area contributed by atoms with Gasteiger partial charge in [-0.15, -0.1) is 0 Å². The van der Waals surface area contributed by atoms with Gasteiger partial charge in [-0.05, 0) is 73.5 Å². The molecule has 0 fully saturated rings. The summed E-state index contributed by atoms with van der Waals surface area (Å²) in [6.45, 7) is 4.14. The van der Waals surface area contributed by atoms with E-state index in [2.05, 4.69) is 36.5 Å². The minimum Gasteiger partial charge on any atom is -0.354 e. The lowest BCUT2D eigenvalue weighted by Crippen LogP contribution is -2.41. The van der Waals surface area contributed by atoms with Crippen LogP contribution in [0.1, 0.15) is 23.1 Å². The molecular weight excluding hydrogens is 488 g/mol. The van der Waals surface area contributed by atoms with Crippen LogP contribution in [0, 0.1) is 13.8 Å². The van der Waals surface area contributed by atoms with Gasteiger partial charge in [-0.2, -0.15) is 11.8 Å². The number of carbonyl (C=O) groups excluding carboxylic acids is 1.